The number of nitrogens with zero attached hydrogens (tertiary/aromatic N) is 3. The van der Waals surface area contributed by atoms with E-state index in [4.69, 9.17) is 0 Å². The molecule has 4 aliphatic rings. The van der Waals surface area contributed by atoms with E-state index in [0.29, 0.717) is 17.4 Å². The Morgan fingerprint density at radius 1 is 1.03 bits per heavy atom. The number of fused-ring (bicyclic) bond motifs is 4. The maximum atomic E-state index is 13.2. The third-order valence-electron chi connectivity index (χ3n) is 7.45. The Morgan fingerprint density at radius 2 is 1.83 bits per heavy atom. The molecule has 29 heavy (non-hydrogen) atoms. The molecule has 1 saturated carbocycles. The lowest BCUT2D eigenvalue weighted by Gasteiger charge is -2.44. The molecule has 1 aliphatic carbocycles. The normalized spacial score (nSPS) is 28.2. The van der Waals surface area contributed by atoms with Crippen LogP contribution in [0.15, 0.2) is 16.9 Å². The molecule has 0 N–H and O–H groups in total. The fraction of sp³-hybridized carbons (Fsp3) is 0.739. The highest BCUT2D eigenvalue weighted by molar-refractivity contribution is 7.99. The predicted molar refractivity (Wildman–Crippen MR) is 118 cm³/mol. The van der Waals surface area contributed by atoms with Gasteiger partial charge in [-0.2, -0.15) is 11.8 Å². The van der Waals surface area contributed by atoms with Crippen LogP contribution in [0.25, 0.3) is 0 Å². The summed E-state index contributed by atoms with van der Waals surface area (Å²) in [7, 11) is 0. The van der Waals surface area contributed by atoms with E-state index >= 15 is 0 Å². The zero-order chi connectivity index (χ0) is 19.8. The lowest BCUT2D eigenvalue weighted by molar-refractivity contribution is 0.0765. The molecule has 2 saturated heterocycles. The van der Waals surface area contributed by atoms with Gasteiger partial charge in [0.15, 0.2) is 0 Å². The van der Waals surface area contributed by atoms with E-state index in [1.54, 1.807) is 0 Å². The van der Waals surface area contributed by atoms with Crippen molar-refractivity contribution in [2.24, 2.45) is 11.8 Å². The number of amides is 1. The largest absolute Gasteiger partial charge is 0.337 e. The van der Waals surface area contributed by atoms with Crippen molar-refractivity contribution >= 4 is 17.7 Å². The van der Waals surface area contributed by atoms with Crippen molar-refractivity contribution in [3.63, 3.8) is 0 Å². The Bertz CT molecular complexity index is 811. The van der Waals surface area contributed by atoms with Gasteiger partial charge in [0.05, 0.1) is 0 Å². The summed E-state index contributed by atoms with van der Waals surface area (Å²) in [5, 5.41) is 0. The molecule has 2 atom stereocenters. The highest BCUT2D eigenvalue weighted by Crippen LogP contribution is 2.36. The van der Waals surface area contributed by atoms with Crippen LogP contribution >= 0.6 is 11.8 Å². The van der Waals surface area contributed by atoms with Gasteiger partial charge in [0.2, 0.25) is 0 Å². The van der Waals surface area contributed by atoms with Crippen LogP contribution in [0.5, 0.6) is 0 Å². The first-order valence-corrected chi connectivity index (χ1v) is 12.7. The number of thioether (sulfide) groups is 1. The third kappa shape index (κ3) is 4.02. The van der Waals surface area contributed by atoms with Crippen molar-refractivity contribution in [2.75, 3.05) is 44.2 Å². The molecule has 5 rings (SSSR count). The Labute approximate surface area is 177 Å². The van der Waals surface area contributed by atoms with Crippen molar-refractivity contribution in [2.45, 2.75) is 51.0 Å². The Morgan fingerprint density at radius 3 is 2.62 bits per heavy atom. The zero-order valence-corrected chi connectivity index (χ0v) is 18.2. The van der Waals surface area contributed by atoms with Gasteiger partial charge in [-0.05, 0) is 43.2 Å². The molecule has 158 valence electrons. The third-order valence-corrected chi connectivity index (χ3v) is 8.39. The number of pyridine rings is 1. The van der Waals surface area contributed by atoms with Gasteiger partial charge in [-0.25, -0.2) is 0 Å². The quantitative estimate of drug-likeness (QED) is 0.761. The Balaban J connectivity index is 1.33. The summed E-state index contributed by atoms with van der Waals surface area (Å²) in [4.78, 5) is 30.7. The van der Waals surface area contributed by atoms with Gasteiger partial charge in [-0.15, -0.1) is 0 Å². The van der Waals surface area contributed by atoms with Crippen molar-refractivity contribution in [3.8, 4) is 0 Å². The van der Waals surface area contributed by atoms with E-state index in [1.807, 2.05) is 27.3 Å². The van der Waals surface area contributed by atoms with Crippen LogP contribution in [0.2, 0.25) is 0 Å². The maximum Gasteiger partial charge on any atom is 0.263 e. The van der Waals surface area contributed by atoms with Crippen LogP contribution < -0.4 is 5.56 Å². The summed E-state index contributed by atoms with van der Waals surface area (Å²) in [6.45, 7) is 5.71. The standard InChI is InChI=1S/C23H33N3O2S/c27-22(25-8-10-29-11-9-25)20-6-7-21-19-12-18(15-26(21)23(20)28)14-24(16-19)13-17-4-2-1-3-5-17/h6-7,17-19H,1-5,8-16H2/t18-,19+/m0/s1. The van der Waals surface area contributed by atoms with Crippen LogP contribution in [0.3, 0.4) is 0 Å². The number of hydrogen-bond acceptors (Lipinski definition) is 4. The molecule has 6 heteroatoms. The van der Waals surface area contributed by atoms with Crippen LogP contribution in [0, 0.1) is 11.8 Å². The molecular formula is C23H33N3O2S. The molecule has 0 unspecified atom stereocenters. The maximum absolute atomic E-state index is 13.2. The van der Waals surface area contributed by atoms with Crippen molar-refractivity contribution < 1.29 is 4.79 Å². The van der Waals surface area contributed by atoms with Crippen molar-refractivity contribution in [1.29, 1.82) is 0 Å². The molecule has 0 aromatic carbocycles. The Kier molecular flexibility index (Phi) is 5.74. The van der Waals surface area contributed by atoms with Crippen LogP contribution in [0.4, 0.5) is 0 Å². The second-order valence-electron chi connectivity index (χ2n) is 9.51. The number of carbonyl (C=O) groups excluding carboxylic acids is 1. The van der Waals surface area contributed by atoms with E-state index in [9.17, 15) is 9.59 Å². The molecule has 3 aliphatic heterocycles. The minimum absolute atomic E-state index is 0.0545. The monoisotopic (exact) mass is 415 g/mol. The van der Waals surface area contributed by atoms with Crippen molar-refractivity contribution in [3.05, 3.63) is 33.7 Å². The first kappa shape index (κ1) is 19.7. The van der Waals surface area contributed by atoms with E-state index in [0.717, 1.165) is 55.8 Å². The van der Waals surface area contributed by atoms with Crippen LogP contribution in [-0.4, -0.2) is 64.5 Å². The van der Waals surface area contributed by atoms with Gasteiger partial charge in [0, 0.05) is 62.4 Å². The first-order valence-electron chi connectivity index (χ1n) is 11.5. The molecule has 0 radical (unpaired) electrons. The highest BCUT2D eigenvalue weighted by Gasteiger charge is 2.36. The zero-order valence-electron chi connectivity index (χ0n) is 17.4. The summed E-state index contributed by atoms with van der Waals surface area (Å²) in [6, 6.07) is 3.90. The number of carbonyl (C=O) groups is 1. The lowest BCUT2D eigenvalue weighted by Crippen LogP contribution is -2.49. The highest BCUT2D eigenvalue weighted by atomic mass is 32.2. The van der Waals surface area contributed by atoms with Gasteiger partial charge in [-0.3, -0.25) is 9.59 Å². The van der Waals surface area contributed by atoms with Crippen LogP contribution in [0.1, 0.15) is 60.5 Å². The SMILES string of the molecule is O=C(c1ccc2n(c1=O)C[C@H]1C[C@@H]2CN(CC2CCCCC2)C1)N1CCSCC1. The predicted octanol–water partition coefficient (Wildman–Crippen LogP) is 3.04. The first-order chi connectivity index (χ1) is 14.2. The minimum Gasteiger partial charge on any atom is -0.337 e. The van der Waals surface area contributed by atoms with Crippen LogP contribution in [-0.2, 0) is 6.54 Å². The number of piperidine rings is 1. The van der Waals surface area contributed by atoms with Gasteiger partial charge in [0.25, 0.3) is 11.5 Å². The van der Waals surface area contributed by atoms with E-state index in [2.05, 4.69) is 11.0 Å². The number of likely N-dealkylation sites (tertiary alicyclic amines) is 1. The fourth-order valence-electron chi connectivity index (χ4n) is 6.03. The lowest BCUT2D eigenvalue weighted by atomic mass is 9.81. The average molecular weight is 416 g/mol. The van der Waals surface area contributed by atoms with Crippen molar-refractivity contribution in [1.82, 2.24) is 14.4 Å². The second kappa shape index (κ2) is 8.46. The summed E-state index contributed by atoms with van der Waals surface area (Å²) in [5.41, 5.74) is 1.48. The molecule has 1 amide bonds. The molecule has 0 spiro atoms. The number of hydrogen-bond donors (Lipinski definition) is 0. The average Bonchev–Trinajstić information content (AvgIpc) is 2.75. The second-order valence-corrected chi connectivity index (χ2v) is 10.7. The molecule has 1 aromatic heterocycles. The number of aromatic nitrogens is 1. The smallest absolute Gasteiger partial charge is 0.263 e. The van der Waals surface area contributed by atoms with E-state index in [1.165, 1.54) is 45.1 Å². The number of rotatable bonds is 3. The topological polar surface area (TPSA) is 45.6 Å². The Hall–Kier alpha value is -1.27. The summed E-state index contributed by atoms with van der Waals surface area (Å²) in [6.07, 6.45) is 8.18. The molecule has 2 bridgehead atoms. The minimum atomic E-state index is -0.0692. The van der Waals surface area contributed by atoms with Gasteiger partial charge < -0.3 is 14.4 Å². The molecule has 4 heterocycles. The molecule has 5 nitrogen and oxygen atoms in total. The molecule has 1 aromatic rings. The summed E-state index contributed by atoms with van der Waals surface area (Å²) < 4.78 is 1.95. The molecule has 3 fully saturated rings. The fourth-order valence-corrected chi connectivity index (χ4v) is 6.93. The van der Waals surface area contributed by atoms with Gasteiger partial charge in [-0.1, -0.05) is 19.3 Å². The van der Waals surface area contributed by atoms with Gasteiger partial charge >= 0.3 is 0 Å². The van der Waals surface area contributed by atoms with E-state index in [-0.39, 0.29) is 11.5 Å². The van der Waals surface area contributed by atoms with E-state index < -0.39 is 0 Å². The molecular weight excluding hydrogens is 382 g/mol. The summed E-state index contributed by atoms with van der Waals surface area (Å²) >= 11 is 1.88. The summed E-state index contributed by atoms with van der Waals surface area (Å²) in [5.74, 6) is 3.72. The van der Waals surface area contributed by atoms with Gasteiger partial charge in [0.1, 0.15) is 5.56 Å².